The fraction of sp³-hybridized carbons (Fsp3) is 0.500. The van der Waals surface area contributed by atoms with Crippen molar-refractivity contribution in [1.29, 1.82) is 0 Å². The number of hydrogen-bond donors (Lipinski definition) is 1. The summed E-state index contributed by atoms with van der Waals surface area (Å²) < 4.78 is 0.984. The molecule has 1 N–H and O–H groups in total. The summed E-state index contributed by atoms with van der Waals surface area (Å²) in [6, 6.07) is 5.70. The van der Waals surface area contributed by atoms with Gasteiger partial charge < -0.3 is 10.0 Å². The highest BCUT2D eigenvalue weighted by molar-refractivity contribution is 9.10. The first-order chi connectivity index (χ1) is 8.39. The number of piperidine rings is 1. The number of amides is 1. The van der Waals surface area contributed by atoms with Gasteiger partial charge in [0.1, 0.15) is 0 Å². The van der Waals surface area contributed by atoms with E-state index in [4.69, 9.17) is 0 Å². The first-order valence-corrected chi connectivity index (χ1v) is 6.96. The monoisotopic (exact) mass is 311 g/mol. The highest BCUT2D eigenvalue weighted by atomic mass is 79.9. The van der Waals surface area contributed by atoms with Crippen LogP contribution < -0.4 is 0 Å². The maximum atomic E-state index is 12.4. The first kappa shape index (κ1) is 13.6. The van der Waals surface area contributed by atoms with E-state index in [9.17, 15) is 9.90 Å². The van der Waals surface area contributed by atoms with Gasteiger partial charge in [0.2, 0.25) is 0 Å². The van der Waals surface area contributed by atoms with Crippen molar-refractivity contribution in [3.8, 4) is 0 Å². The molecule has 0 atom stereocenters. The molecule has 0 unspecified atom stereocenters. The van der Waals surface area contributed by atoms with Gasteiger partial charge in [-0.25, -0.2) is 0 Å². The zero-order valence-corrected chi connectivity index (χ0v) is 12.3. The van der Waals surface area contributed by atoms with Crippen LogP contribution in [0.5, 0.6) is 0 Å². The lowest BCUT2D eigenvalue weighted by atomic mass is 9.93. The van der Waals surface area contributed by atoms with Crippen molar-refractivity contribution in [2.75, 3.05) is 13.1 Å². The lowest BCUT2D eigenvalue weighted by Gasteiger charge is -2.36. The van der Waals surface area contributed by atoms with E-state index in [1.807, 2.05) is 36.9 Å². The third-order valence-electron chi connectivity index (χ3n) is 3.55. The van der Waals surface area contributed by atoms with Crippen LogP contribution in [0.25, 0.3) is 0 Å². The molecular weight excluding hydrogens is 294 g/mol. The van der Waals surface area contributed by atoms with Crippen molar-refractivity contribution in [2.24, 2.45) is 0 Å². The van der Waals surface area contributed by atoms with Crippen molar-refractivity contribution in [3.05, 3.63) is 33.8 Å². The van der Waals surface area contributed by atoms with Gasteiger partial charge in [0, 0.05) is 23.1 Å². The van der Waals surface area contributed by atoms with E-state index in [2.05, 4.69) is 15.9 Å². The number of aryl methyl sites for hydroxylation is 1. The molecule has 0 radical (unpaired) electrons. The second-order valence-corrected chi connectivity index (χ2v) is 6.16. The van der Waals surface area contributed by atoms with Gasteiger partial charge in [-0.3, -0.25) is 4.79 Å². The van der Waals surface area contributed by atoms with Gasteiger partial charge in [-0.15, -0.1) is 0 Å². The van der Waals surface area contributed by atoms with Crippen LogP contribution in [-0.2, 0) is 0 Å². The van der Waals surface area contributed by atoms with Gasteiger partial charge in [-0.1, -0.05) is 15.9 Å². The summed E-state index contributed by atoms with van der Waals surface area (Å²) in [5.74, 6) is 0.0653. The van der Waals surface area contributed by atoms with Crippen molar-refractivity contribution in [1.82, 2.24) is 4.90 Å². The molecule has 0 spiro atoms. The number of rotatable bonds is 1. The van der Waals surface area contributed by atoms with Crippen LogP contribution >= 0.6 is 15.9 Å². The predicted octanol–water partition coefficient (Wildman–Crippen LogP) is 2.74. The van der Waals surface area contributed by atoms with Gasteiger partial charge in [-0.2, -0.15) is 0 Å². The molecule has 1 heterocycles. The lowest BCUT2D eigenvalue weighted by Crippen LogP contribution is -2.45. The third-order valence-corrected chi connectivity index (χ3v) is 4.04. The summed E-state index contributed by atoms with van der Waals surface area (Å²) in [5.41, 5.74) is 1.11. The maximum Gasteiger partial charge on any atom is 0.254 e. The topological polar surface area (TPSA) is 40.5 Å². The Labute approximate surface area is 116 Å². The average molecular weight is 312 g/mol. The second kappa shape index (κ2) is 5.02. The van der Waals surface area contributed by atoms with Crippen LogP contribution in [0.3, 0.4) is 0 Å². The van der Waals surface area contributed by atoms with E-state index < -0.39 is 5.60 Å². The molecule has 1 amide bonds. The quantitative estimate of drug-likeness (QED) is 0.866. The molecule has 1 saturated heterocycles. The number of halogens is 1. The molecule has 0 bridgehead atoms. The van der Waals surface area contributed by atoms with E-state index in [0.29, 0.717) is 25.9 Å². The Morgan fingerprint density at radius 3 is 2.56 bits per heavy atom. The van der Waals surface area contributed by atoms with Crippen LogP contribution in [0.1, 0.15) is 35.7 Å². The van der Waals surface area contributed by atoms with Crippen molar-refractivity contribution in [2.45, 2.75) is 32.3 Å². The minimum absolute atomic E-state index is 0.0653. The van der Waals surface area contributed by atoms with Crippen molar-refractivity contribution >= 4 is 21.8 Å². The maximum absolute atomic E-state index is 12.4. The first-order valence-electron chi connectivity index (χ1n) is 6.17. The number of benzene rings is 1. The molecule has 3 nitrogen and oxygen atoms in total. The Morgan fingerprint density at radius 1 is 1.39 bits per heavy atom. The van der Waals surface area contributed by atoms with Crippen LogP contribution in [0.2, 0.25) is 0 Å². The Kier molecular flexibility index (Phi) is 3.78. The van der Waals surface area contributed by atoms with E-state index in [0.717, 1.165) is 15.6 Å². The molecule has 98 valence electrons. The molecule has 1 aliphatic heterocycles. The fourth-order valence-corrected chi connectivity index (χ4v) is 2.70. The SMILES string of the molecule is Cc1cc(Br)ccc1C(=O)N1CCC(C)(O)CC1. The molecule has 4 heteroatoms. The Balaban J connectivity index is 2.13. The number of likely N-dealkylation sites (tertiary alicyclic amines) is 1. The van der Waals surface area contributed by atoms with E-state index in [-0.39, 0.29) is 5.91 Å². The number of carbonyl (C=O) groups excluding carboxylic acids is 1. The van der Waals surface area contributed by atoms with Gasteiger partial charge in [0.05, 0.1) is 5.60 Å². The number of nitrogens with zero attached hydrogens (tertiary/aromatic N) is 1. The van der Waals surface area contributed by atoms with E-state index in [1.165, 1.54) is 0 Å². The summed E-state index contributed by atoms with van der Waals surface area (Å²) in [5, 5.41) is 9.89. The summed E-state index contributed by atoms with van der Waals surface area (Å²) in [6.07, 6.45) is 1.29. The largest absolute Gasteiger partial charge is 0.390 e. The molecule has 1 fully saturated rings. The highest BCUT2D eigenvalue weighted by Gasteiger charge is 2.30. The summed E-state index contributed by atoms with van der Waals surface area (Å²) in [6.45, 7) is 5.03. The normalized spacial score (nSPS) is 18.8. The van der Waals surface area contributed by atoms with Crippen LogP contribution in [0.15, 0.2) is 22.7 Å². The smallest absolute Gasteiger partial charge is 0.254 e. The zero-order chi connectivity index (χ0) is 13.3. The summed E-state index contributed by atoms with van der Waals surface area (Å²) >= 11 is 3.40. The lowest BCUT2D eigenvalue weighted by molar-refractivity contribution is -0.00204. The Hall–Kier alpha value is -0.870. The Morgan fingerprint density at radius 2 is 2.00 bits per heavy atom. The standard InChI is InChI=1S/C14H18BrNO2/c1-10-9-11(15)3-4-12(10)13(17)16-7-5-14(2,18)6-8-16/h3-4,9,18H,5-8H2,1-2H3. The second-order valence-electron chi connectivity index (χ2n) is 5.25. The number of carbonyl (C=O) groups is 1. The molecule has 1 aromatic rings. The molecule has 0 aromatic heterocycles. The van der Waals surface area contributed by atoms with Crippen LogP contribution in [0.4, 0.5) is 0 Å². The van der Waals surface area contributed by atoms with Gasteiger partial charge in [0.25, 0.3) is 5.91 Å². The third kappa shape index (κ3) is 2.93. The molecule has 0 aliphatic carbocycles. The molecule has 1 aromatic carbocycles. The fourth-order valence-electron chi connectivity index (χ4n) is 2.23. The summed E-state index contributed by atoms with van der Waals surface area (Å²) in [7, 11) is 0. The zero-order valence-electron chi connectivity index (χ0n) is 10.7. The minimum Gasteiger partial charge on any atom is -0.390 e. The molecule has 18 heavy (non-hydrogen) atoms. The minimum atomic E-state index is -0.620. The number of hydrogen-bond acceptors (Lipinski definition) is 2. The van der Waals surface area contributed by atoms with Gasteiger partial charge >= 0.3 is 0 Å². The summed E-state index contributed by atoms with van der Waals surface area (Å²) in [4.78, 5) is 14.2. The molecular formula is C14H18BrNO2. The highest BCUT2D eigenvalue weighted by Crippen LogP contribution is 2.24. The molecule has 1 aliphatic rings. The van der Waals surface area contributed by atoms with E-state index in [1.54, 1.807) is 0 Å². The van der Waals surface area contributed by atoms with Gasteiger partial charge in [0.15, 0.2) is 0 Å². The van der Waals surface area contributed by atoms with Crippen LogP contribution in [-0.4, -0.2) is 34.6 Å². The van der Waals surface area contributed by atoms with Crippen LogP contribution in [0, 0.1) is 6.92 Å². The predicted molar refractivity (Wildman–Crippen MR) is 74.6 cm³/mol. The van der Waals surface area contributed by atoms with Crippen molar-refractivity contribution in [3.63, 3.8) is 0 Å². The molecule has 0 saturated carbocycles. The van der Waals surface area contributed by atoms with E-state index >= 15 is 0 Å². The number of aliphatic hydroxyl groups is 1. The molecule has 2 rings (SSSR count). The van der Waals surface area contributed by atoms with Crippen molar-refractivity contribution < 1.29 is 9.90 Å². The van der Waals surface area contributed by atoms with Gasteiger partial charge in [-0.05, 0) is 50.5 Å². The Bertz CT molecular complexity index is 461. The average Bonchev–Trinajstić information content (AvgIpc) is 2.28.